The van der Waals surface area contributed by atoms with E-state index in [0.29, 0.717) is 0 Å². The Morgan fingerprint density at radius 2 is 1.94 bits per heavy atom. The molecule has 1 aromatic carbocycles. The average molecular weight is 552 g/mol. The highest BCUT2D eigenvalue weighted by Gasteiger charge is 2.49. The Kier molecular flexibility index (Phi) is 7.00. The number of alkyl halides is 6. The van der Waals surface area contributed by atoms with Crippen LogP contribution in [0.4, 0.5) is 32.0 Å². The fourth-order valence-electron chi connectivity index (χ4n) is 3.01. The number of anilines is 1. The third-order valence-corrected chi connectivity index (χ3v) is 6.14. The summed E-state index contributed by atoms with van der Waals surface area (Å²) in [5.41, 5.74) is -7.54. The highest BCUT2D eigenvalue weighted by molar-refractivity contribution is 7.88. The molecule has 178 valence electrons. The van der Waals surface area contributed by atoms with Crippen LogP contribution >= 0.6 is 33.2 Å². The van der Waals surface area contributed by atoms with Gasteiger partial charge < -0.3 is 18.5 Å². The zero-order chi connectivity index (χ0) is 24.9. The number of benzene rings is 1. The van der Waals surface area contributed by atoms with Crippen LogP contribution in [0.2, 0.25) is 5.02 Å². The van der Waals surface area contributed by atoms with Gasteiger partial charge in [0.2, 0.25) is 13.9 Å². The van der Waals surface area contributed by atoms with Crippen LogP contribution in [-0.4, -0.2) is 31.9 Å². The van der Waals surface area contributed by atoms with E-state index in [1.807, 2.05) is 9.39 Å². The van der Waals surface area contributed by atoms with Crippen molar-refractivity contribution >= 4 is 57.0 Å². The van der Waals surface area contributed by atoms with Crippen molar-refractivity contribution in [2.45, 2.75) is 30.8 Å². The molecule has 18 heteroatoms. The number of hydrogen-bond donors (Lipinski definition) is 1. The van der Waals surface area contributed by atoms with Crippen molar-refractivity contribution < 1.29 is 43.7 Å². The monoisotopic (exact) mass is 551 g/mol. The number of aromatic nitrogens is 2. The Morgan fingerprint density at radius 1 is 1.30 bits per heavy atom. The minimum absolute atomic E-state index is 0.0243. The molecule has 2 unspecified atom stereocenters. The van der Waals surface area contributed by atoms with Crippen molar-refractivity contribution in [3.8, 4) is 5.88 Å². The molecule has 1 aromatic heterocycles. The molecule has 0 bridgehead atoms. The second kappa shape index (κ2) is 8.88. The summed E-state index contributed by atoms with van der Waals surface area (Å²) in [6.45, 7) is -0.645. The van der Waals surface area contributed by atoms with Crippen LogP contribution in [0.15, 0.2) is 12.1 Å². The molecule has 2 atom stereocenters. The molecule has 0 amide bonds. The van der Waals surface area contributed by atoms with E-state index < -0.39 is 61.3 Å². The molecule has 1 N–H and O–H groups in total. The van der Waals surface area contributed by atoms with Crippen LogP contribution in [0, 0.1) is 4.77 Å². The minimum Gasteiger partial charge on any atom is -0.410 e. The number of nitrogens with one attached hydrogen (secondary N) is 1. The lowest BCUT2D eigenvalue weighted by atomic mass is 9.94. The van der Waals surface area contributed by atoms with Crippen LogP contribution in [0.25, 0.3) is 0 Å². The molecular weight excluding hydrogens is 542 g/mol. The van der Waals surface area contributed by atoms with E-state index in [1.165, 1.54) is 0 Å². The molecule has 0 saturated heterocycles. The standard InChI is InChI=1S/C15H10BClF6N3O4PS2/c16-26(31)5-1-6(11(8(17)2-5)14(18,19)20)10-3-9-7(4-29-10)12(25-13(32)24-9)30-33(27,28)15(21,22)23/h1-2,10H,3-4,31H2,(H,24,25,32). The molecule has 1 aliphatic rings. The van der Waals surface area contributed by atoms with Gasteiger partial charge in [-0.15, -0.1) is 0 Å². The maximum absolute atomic E-state index is 13.7. The molecular formula is C15H10BClF6N3O4PS2. The highest BCUT2D eigenvalue weighted by atomic mass is 35.5. The molecule has 2 aromatic rings. The number of H-pyrrole nitrogens is 1. The number of aromatic amines is 1. The van der Waals surface area contributed by atoms with Crippen LogP contribution in [0.3, 0.4) is 0 Å². The van der Waals surface area contributed by atoms with Gasteiger partial charge in [-0.05, 0) is 29.9 Å². The smallest absolute Gasteiger partial charge is 0.410 e. The predicted octanol–water partition coefficient (Wildman–Crippen LogP) is 4.53. The third-order valence-electron chi connectivity index (χ3n) is 4.41. The van der Waals surface area contributed by atoms with Gasteiger partial charge in [0, 0.05) is 17.8 Å². The summed E-state index contributed by atoms with van der Waals surface area (Å²) in [6.07, 6.45) is -6.57. The summed E-state index contributed by atoms with van der Waals surface area (Å²) in [4.78, 5) is 5.96. The lowest BCUT2D eigenvalue weighted by Gasteiger charge is -2.29. The fourth-order valence-corrected chi connectivity index (χ4v) is 4.13. The van der Waals surface area contributed by atoms with Gasteiger partial charge in [-0.2, -0.15) is 39.7 Å². The average Bonchev–Trinajstić information content (AvgIpc) is 2.64. The van der Waals surface area contributed by atoms with E-state index in [0.717, 1.165) is 16.7 Å². The van der Waals surface area contributed by atoms with E-state index in [4.69, 9.17) is 36.5 Å². The fraction of sp³-hybridized carbons (Fsp3) is 0.333. The van der Waals surface area contributed by atoms with Crippen molar-refractivity contribution in [1.82, 2.24) is 9.97 Å². The number of nitrogens with zero attached hydrogens (tertiary/aromatic N) is 2. The number of hydrogen-bond acceptors (Lipinski definition) is 7. The van der Waals surface area contributed by atoms with Gasteiger partial charge in [-0.1, -0.05) is 21.0 Å². The molecule has 0 fully saturated rings. The van der Waals surface area contributed by atoms with Crippen molar-refractivity contribution in [3.63, 3.8) is 0 Å². The van der Waals surface area contributed by atoms with Gasteiger partial charge in [0.25, 0.3) is 0 Å². The molecule has 3 rings (SSSR count). The van der Waals surface area contributed by atoms with E-state index in [-0.39, 0.29) is 23.4 Å². The van der Waals surface area contributed by atoms with E-state index in [1.54, 1.807) is 0 Å². The van der Waals surface area contributed by atoms with Crippen LogP contribution < -0.4 is 8.76 Å². The Hall–Kier alpha value is -1.61. The molecule has 0 aliphatic carbocycles. The second-order valence-electron chi connectivity index (χ2n) is 6.59. The largest absolute Gasteiger partial charge is 0.534 e. The summed E-state index contributed by atoms with van der Waals surface area (Å²) in [5.74, 6) is -0.995. The van der Waals surface area contributed by atoms with E-state index >= 15 is 0 Å². The number of ether oxygens (including phenoxy) is 1. The van der Waals surface area contributed by atoms with Gasteiger partial charge in [0.1, 0.15) is 0 Å². The van der Waals surface area contributed by atoms with Crippen molar-refractivity contribution in [2.24, 2.45) is 0 Å². The maximum atomic E-state index is 13.7. The number of rotatable bonds is 4. The Balaban J connectivity index is 2.08. The first-order chi connectivity index (χ1) is 15.0. The first-order valence-corrected chi connectivity index (χ1v) is 11.2. The zero-order valence-corrected chi connectivity index (χ0v) is 19.3. The van der Waals surface area contributed by atoms with Gasteiger partial charge in [-0.3, -0.25) is 0 Å². The molecule has 7 nitrogen and oxygen atoms in total. The van der Waals surface area contributed by atoms with Crippen molar-refractivity contribution in [1.29, 1.82) is 0 Å². The van der Waals surface area contributed by atoms with Gasteiger partial charge in [0.05, 0.1) is 28.9 Å². The summed E-state index contributed by atoms with van der Waals surface area (Å²) in [5, 5.41) is -0.662. The maximum Gasteiger partial charge on any atom is 0.534 e. The topological polar surface area (TPSA) is 84.5 Å². The Bertz CT molecular complexity index is 1260. The second-order valence-corrected chi connectivity index (χ2v) is 9.48. The molecule has 1 aliphatic heterocycles. The van der Waals surface area contributed by atoms with Crippen LogP contribution in [-0.2, 0) is 34.1 Å². The van der Waals surface area contributed by atoms with Gasteiger partial charge >= 0.3 is 21.8 Å². The highest BCUT2D eigenvalue weighted by Crippen LogP contribution is 2.45. The number of fused-ring (bicyclic) bond motifs is 1. The lowest BCUT2D eigenvalue weighted by molar-refractivity contribution is -0.139. The normalized spacial score (nSPS) is 16.9. The molecule has 2 radical (unpaired) electrons. The van der Waals surface area contributed by atoms with Crippen molar-refractivity contribution in [3.05, 3.63) is 44.3 Å². The lowest BCUT2D eigenvalue weighted by Crippen LogP contribution is -2.30. The van der Waals surface area contributed by atoms with E-state index in [9.17, 15) is 34.8 Å². The summed E-state index contributed by atoms with van der Waals surface area (Å²) in [7, 11) is 1.53. The Morgan fingerprint density at radius 3 is 2.48 bits per heavy atom. The van der Waals surface area contributed by atoms with Gasteiger partial charge in [0.15, 0.2) is 4.77 Å². The number of halogens is 7. The van der Waals surface area contributed by atoms with Crippen LogP contribution in [0.1, 0.15) is 28.5 Å². The first-order valence-electron chi connectivity index (χ1n) is 8.46. The summed E-state index contributed by atoms with van der Waals surface area (Å²) in [6, 6.07) is 2.07. The van der Waals surface area contributed by atoms with Crippen LogP contribution in [0.5, 0.6) is 5.88 Å². The van der Waals surface area contributed by atoms with Gasteiger partial charge in [-0.25, -0.2) is 0 Å². The molecule has 0 saturated carbocycles. The SMILES string of the molecule is [B]N(P)c1cc(Cl)c(C(F)(F)F)c(C2Cc3[nH]c(=S)nc(OS(=O)(=O)C(F)(F)F)c3CO2)c1. The predicted molar refractivity (Wildman–Crippen MR) is 111 cm³/mol. The molecule has 0 spiro atoms. The van der Waals surface area contributed by atoms with E-state index in [2.05, 4.69) is 14.2 Å². The zero-order valence-electron chi connectivity index (χ0n) is 15.8. The molecule has 2 heterocycles. The van der Waals surface area contributed by atoms with Crippen molar-refractivity contribution in [2.75, 3.05) is 4.58 Å². The third kappa shape index (κ3) is 5.40. The summed E-state index contributed by atoms with van der Waals surface area (Å²) >= 11 is 10.6. The Labute approximate surface area is 196 Å². The molecule has 33 heavy (non-hydrogen) atoms. The summed E-state index contributed by atoms with van der Waals surface area (Å²) < 4.78 is 112. The first kappa shape index (κ1) is 26.0. The quantitative estimate of drug-likeness (QED) is 0.149. The minimum atomic E-state index is -6.08.